The van der Waals surface area contributed by atoms with Gasteiger partial charge in [-0.15, -0.1) is 13.2 Å². The van der Waals surface area contributed by atoms with E-state index in [1.807, 2.05) is 12.2 Å². The molecule has 0 amide bonds. The van der Waals surface area contributed by atoms with Gasteiger partial charge in [0.05, 0.1) is 0 Å². The van der Waals surface area contributed by atoms with E-state index < -0.39 is 76.8 Å². The molecule has 0 aliphatic heterocycles. The van der Waals surface area contributed by atoms with Crippen molar-refractivity contribution in [1.29, 1.82) is 0 Å². The predicted octanol–water partition coefficient (Wildman–Crippen LogP) is 13.7. The average molecular weight is 946 g/mol. The Morgan fingerprint density at radius 1 is 0.400 bits per heavy atom. The van der Waals surface area contributed by atoms with Gasteiger partial charge < -0.3 is 34.3 Å². The molecular formula is C38H108O8Si9-2. The first kappa shape index (κ1) is 80.2. The van der Waals surface area contributed by atoms with Gasteiger partial charge in [0.25, 0.3) is 9.28 Å². The Labute approximate surface area is 361 Å². The molecule has 0 aromatic heterocycles. The van der Waals surface area contributed by atoms with E-state index in [9.17, 15) is 9.59 Å². The molecule has 0 spiro atoms. The van der Waals surface area contributed by atoms with E-state index in [1.165, 1.54) is 0 Å². The van der Waals surface area contributed by atoms with Gasteiger partial charge in [0.1, 0.15) is 0 Å². The molecule has 0 unspecified atom stereocenters. The summed E-state index contributed by atoms with van der Waals surface area (Å²) in [5, 5.41) is 0. The molecule has 0 aliphatic rings. The van der Waals surface area contributed by atoms with Crippen molar-refractivity contribution in [2.24, 2.45) is 0 Å². The molecule has 0 aliphatic carbocycles. The number of rotatable bonds is 22. The summed E-state index contributed by atoms with van der Waals surface area (Å²) in [7, 11) is -18.7. The third-order valence-corrected chi connectivity index (χ3v) is 30.2. The fourth-order valence-corrected chi connectivity index (χ4v) is 32.0. The zero-order valence-electron chi connectivity index (χ0n) is 35.1. The molecule has 55 heavy (non-hydrogen) atoms. The smallest absolute Gasteiger partial charge is 0.297 e. The van der Waals surface area contributed by atoms with Crippen LogP contribution < -0.4 is 9.59 Å². The van der Waals surface area contributed by atoms with Crippen LogP contribution in [0.2, 0.25) is 136 Å². The molecule has 0 rings (SSSR count). The summed E-state index contributed by atoms with van der Waals surface area (Å²) in [4.78, 5) is 26.7. The molecule has 346 valence electrons. The number of unbranched alkanes of at least 4 members (excludes halogenated alkanes) is 4. The van der Waals surface area contributed by atoms with Crippen molar-refractivity contribution in [3.8, 4) is 0 Å². The van der Waals surface area contributed by atoms with Gasteiger partial charge in [-0.05, 0) is 149 Å². The standard InChI is InChI=1S/C18H48O6Si6.C7H22O2Si3.C6H10.7CH4/c1-25(2,3)21-29(19,22-26(4,5)6)17-15-13-14-16-18-30(20,23-27(7,8)9)24-28(10,11)12;1-10(8-11(2,3)4)9-12(5,6)7;1-3-5-6-4-2;;;;;;;/h13-18H2,1-12H3;10H,1-7H3;3-4H,1-2,5-6H2;7*1H4/q-2;;;;;;;;;. The highest BCUT2D eigenvalue weighted by molar-refractivity contribution is 6.85. The molecule has 0 heterocycles. The molecule has 0 aromatic rings. The van der Waals surface area contributed by atoms with Crippen molar-refractivity contribution in [3.05, 3.63) is 25.3 Å². The Morgan fingerprint density at radius 3 is 0.745 bits per heavy atom. The van der Waals surface area contributed by atoms with Crippen LogP contribution in [-0.2, 0) is 24.7 Å². The van der Waals surface area contributed by atoms with Crippen molar-refractivity contribution in [2.75, 3.05) is 0 Å². The van der Waals surface area contributed by atoms with Gasteiger partial charge in [-0.3, -0.25) is 0 Å². The fourth-order valence-electron chi connectivity index (χ4n) is 4.40. The predicted molar refractivity (Wildman–Crippen MR) is 276 cm³/mol. The minimum absolute atomic E-state index is 0. The summed E-state index contributed by atoms with van der Waals surface area (Å²) < 4.78 is 35.9. The van der Waals surface area contributed by atoms with Gasteiger partial charge in [0.2, 0.25) is 17.6 Å². The molecule has 8 nitrogen and oxygen atoms in total. The number of allylic oxidation sites excluding steroid dienone is 2. The molecule has 0 saturated heterocycles. The highest BCUT2D eigenvalue weighted by Crippen LogP contribution is 2.25. The number of hydrogen-bond donors (Lipinski definition) is 0. The highest BCUT2D eigenvalue weighted by atomic mass is 28.5. The minimum atomic E-state index is -3.40. The summed E-state index contributed by atoms with van der Waals surface area (Å²) in [6.45, 7) is 47.1. The fraction of sp³-hybridized carbons (Fsp3) is 0.895. The zero-order chi connectivity index (χ0) is 38.9. The molecule has 0 radical (unpaired) electrons. The molecule has 0 N–H and O–H groups in total. The van der Waals surface area contributed by atoms with E-state index in [-0.39, 0.29) is 52.0 Å². The minimum Gasteiger partial charge on any atom is -0.818 e. The Kier molecular flexibility index (Phi) is 50.7. The lowest BCUT2D eigenvalue weighted by atomic mass is 10.2. The number of hydrogen-bond acceptors (Lipinski definition) is 8. The molecular weight excluding hydrogens is 837 g/mol. The molecule has 0 saturated carbocycles. The monoisotopic (exact) mass is 945 g/mol. The molecule has 0 atom stereocenters. The Morgan fingerprint density at radius 2 is 0.600 bits per heavy atom. The summed E-state index contributed by atoms with van der Waals surface area (Å²) in [6, 6.07) is 0.969. The molecule has 0 fully saturated rings. The second-order valence-corrected chi connectivity index (χ2v) is 53.7. The van der Waals surface area contributed by atoms with Gasteiger partial charge in [-0.25, -0.2) is 0 Å². The second-order valence-electron chi connectivity index (χ2n) is 18.3. The Balaban J connectivity index is -0.0000000854. The molecule has 17 heteroatoms. The summed E-state index contributed by atoms with van der Waals surface area (Å²) >= 11 is 0. The first-order valence-electron chi connectivity index (χ1n) is 17.8. The van der Waals surface area contributed by atoms with E-state index in [0.29, 0.717) is 12.1 Å². The van der Waals surface area contributed by atoms with Crippen LogP contribution >= 0.6 is 0 Å². The van der Waals surface area contributed by atoms with Crippen molar-refractivity contribution >= 4 is 76.8 Å². The maximum atomic E-state index is 13.3. The van der Waals surface area contributed by atoms with E-state index >= 15 is 0 Å². The third-order valence-electron chi connectivity index (χ3n) is 5.18. The summed E-state index contributed by atoms with van der Waals surface area (Å²) in [6.07, 6.45) is 9.30. The van der Waals surface area contributed by atoms with Crippen LogP contribution in [0, 0.1) is 0 Å². The van der Waals surface area contributed by atoms with Crippen LogP contribution in [0.1, 0.15) is 90.5 Å². The van der Waals surface area contributed by atoms with Crippen LogP contribution in [0.15, 0.2) is 25.3 Å². The van der Waals surface area contributed by atoms with Crippen LogP contribution in [0.3, 0.4) is 0 Å². The van der Waals surface area contributed by atoms with Crippen molar-refractivity contribution in [2.45, 2.75) is 227 Å². The van der Waals surface area contributed by atoms with Crippen molar-refractivity contribution < 1.29 is 34.3 Å². The van der Waals surface area contributed by atoms with Gasteiger partial charge in [-0.1, -0.05) is 89.8 Å². The van der Waals surface area contributed by atoms with Gasteiger partial charge >= 0.3 is 0 Å². The average Bonchev–Trinajstić information content (AvgIpc) is 2.73. The molecule has 0 aromatic carbocycles. The maximum absolute atomic E-state index is 13.3. The lowest BCUT2D eigenvalue weighted by Crippen LogP contribution is -2.64. The van der Waals surface area contributed by atoms with E-state index in [2.05, 4.69) is 138 Å². The first-order valence-corrected chi connectivity index (χ1v) is 44.2. The van der Waals surface area contributed by atoms with E-state index in [4.69, 9.17) is 24.7 Å². The van der Waals surface area contributed by atoms with Crippen LogP contribution in [0.4, 0.5) is 0 Å². The first-order chi connectivity index (χ1) is 21.1. The third kappa shape index (κ3) is 64.5. The lowest BCUT2D eigenvalue weighted by Gasteiger charge is -2.46. The van der Waals surface area contributed by atoms with Crippen molar-refractivity contribution in [3.63, 3.8) is 0 Å². The van der Waals surface area contributed by atoms with Gasteiger partial charge in [0, 0.05) is 0 Å². The molecule has 0 bridgehead atoms. The van der Waals surface area contributed by atoms with Crippen molar-refractivity contribution in [1.82, 2.24) is 0 Å². The van der Waals surface area contributed by atoms with Gasteiger partial charge in [0.15, 0.2) is 49.9 Å². The normalized spacial score (nSPS) is 12.0. The quantitative estimate of drug-likeness (QED) is 0.0601. The maximum Gasteiger partial charge on any atom is 0.297 e. The van der Waals surface area contributed by atoms with Crippen LogP contribution in [-0.4, -0.2) is 76.8 Å². The Bertz CT molecular complexity index is 772. The SMILES string of the molecule is C.C.C.C.C.C.C.C=CCCC=C.C[SiH](O[Si](C)(C)C)O[Si](C)(C)C.C[Si](C)(C)O[Si]([O-])(CCCCCC[Si]([O-])(O[Si](C)(C)C)O[Si](C)(C)C)O[Si](C)(C)C. The lowest BCUT2D eigenvalue weighted by molar-refractivity contribution is -0.259. The van der Waals surface area contributed by atoms with Crippen LogP contribution in [0.5, 0.6) is 0 Å². The zero-order valence-corrected chi connectivity index (χ0v) is 44.2. The largest absolute Gasteiger partial charge is 0.818 e. The van der Waals surface area contributed by atoms with E-state index in [1.54, 1.807) is 0 Å². The van der Waals surface area contributed by atoms with E-state index in [0.717, 1.165) is 38.5 Å². The summed E-state index contributed by atoms with van der Waals surface area (Å²) in [5.74, 6) is 0. The van der Waals surface area contributed by atoms with Gasteiger partial charge in [-0.2, -0.15) is 0 Å². The second kappa shape index (κ2) is 34.8. The highest BCUT2D eigenvalue weighted by Gasteiger charge is 2.35. The summed E-state index contributed by atoms with van der Waals surface area (Å²) in [5.41, 5.74) is 0. The van der Waals surface area contributed by atoms with Crippen LogP contribution in [0.25, 0.3) is 0 Å². The Hall–Kier alpha value is 1.11. The topological polar surface area (TPSA) is 102 Å².